The first-order valence-corrected chi connectivity index (χ1v) is 7.24. The van der Waals surface area contributed by atoms with Crippen LogP contribution in [0, 0.1) is 11.8 Å². The lowest BCUT2D eigenvalue weighted by molar-refractivity contribution is -0.0704. The van der Waals surface area contributed by atoms with Crippen LogP contribution in [0.5, 0.6) is 0 Å². The van der Waals surface area contributed by atoms with E-state index in [0.717, 1.165) is 25.2 Å². The first-order chi connectivity index (χ1) is 9.67. The minimum Gasteiger partial charge on any atom is -0.395 e. The second kappa shape index (κ2) is 7.44. The van der Waals surface area contributed by atoms with E-state index in [9.17, 15) is 0 Å². The fraction of sp³-hybridized carbons (Fsp3) is 0.529. The Balaban J connectivity index is 1.92. The molecule has 1 aliphatic rings. The summed E-state index contributed by atoms with van der Waals surface area (Å²) in [6.07, 6.45) is 1.15. The van der Waals surface area contributed by atoms with Gasteiger partial charge >= 0.3 is 0 Å². The normalized spacial score (nSPS) is 23.1. The molecule has 0 spiro atoms. The third-order valence-corrected chi connectivity index (χ3v) is 3.32. The highest BCUT2D eigenvalue weighted by molar-refractivity contribution is 5.36. The van der Waals surface area contributed by atoms with Gasteiger partial charge in [-0.25, -0.2) is 0 Å². The summed E-state index contributed by atoms with van der Waals surface area (Å²) in [5, 5.41) is 8.70. The lowest BCUT2D eigenvalue weighted by Crippen LogP contribution is -2.44. The number of aliphatic hydroxyl groups is 1. The van der Waals surface area contributed by atoms with Gasteiger partial charge in [0.1, 0.15) is 0 Å². The standard InChI is InChI=1S/C17H23NO2/c1-14-11-18(12-15(2)20-14)13-17-8-6-16(7-9-17)5-3-4-10-19/h6-9,14-15,19H,4,10-13H2,1-2H3. The average molecular weight is 273 g/mol. The van der Waals surface area contributed by atoms with E-state index in [-0.39, 0.29) is 6.61 Å². The smallest absolute Gasteiger partial charge is 0.0678 e. The molecule has 1 N–H and O–H groups in total. The first-order valence-electron chi connectivity index (χ1n) is 7.24. The molecule has 1 aliphatic heterocycles. The van der Waals surface area contributed by atoms with Crippen LogP contribution in [-0.2, 0) is 11.3 Å². The number of nitrogens with zero attached hydrogens (tertiary/aromatic N) is 1. The van der Waals surface area contributed by atoms with Crippen LogP contribution < -0.4 is 0 Å². The molecule has 1 fully saturated rings. The molecule has 0 saturated carbocycles. The van der Waals surface area contributed by atoms with Crippen molar-refractivity contribution in [2.24, 2.45) is 0 Å². The van der Waals surface area contributed by atoms with Gasteiger partial charge in [0.25, 0.3) is 0 Å². The van der Waals surface area contributed by atoms with E-state index in [1.165, 1.54) is 5.56 Å². The van der Waals surface area contributed by atoms with Gasteiger partial charge in [0.05, 0.1) is 18.8 Å². The average Bonchev–Trinajstić information content (AvgIpc) is 2.40. The Kier molecular flexibility index (Phi) is 5.60. The Hall–Kier alpha value is -1.34. The van der Waals surface area contributed by atoms with E-state index in [0.29, 0.717) is 18.6 Å². The van der Waals surface area contributed by atoms with Crippen LogP contribution in [0.4, 0.5) is 0 Å². The maximum absolute atomic E-state index is 8.70. The van der Waals surface area contributed by atoms with Crippen molar-refractivity contribution in [3.8, 4) is 11.8 Å². The van der Waals surface area contributed by atoms with Gasteiger partial charge in [0, 0.05) is 31.6 Å². The van der Waals surface area contributed by atoms with Crippen LogP contribution in [0.3, 0.4) is 0 Å². The van der Waals surface area contributed by atoms with Crippen molar-refractivity contribution in [1.82, 2.24) is 4.90 Å². The van der Waals surface area contributed by atoms with Crippen LogP contribution in [-0.4, -0.2) is 41.9 Å². The number of ether oxygens (including phenoxy) is 1. The zero-order valence-corrected chi connectivity index (χ0v) is 12.3. The third-order valence-electron chi connectivity index (χ3n) is 3.32. The summed E-state index contributed by atoms with van der Waals surface area (Å²) < 4.78 is 5.75. The van der Waals surface area contributed by atoms with Gasteiger partial charge in [-0.3, -0.25) is 4.90 Å². The van der Waals surface area contributed by atoms with E-state index in [1.54, 1.807) is 0 Å². The summed E-state index contributed by atoms with van der Waals surface area (Å²) in [4.78, 5) is 2.44. The van der Waals surface area contributed by atoms with Gasteiger partial charge in [-0.1, -0.05) is 24.0 Å². The first kappa shape index (κ1) is 15.1. The lowest BCUT2D eigenvalue weighted by atomic mass is 10.1. The molecular formula is C17H23NO2. The number of hydrogen-bond acceptors (Lipinski definition) is 3. The van der Waals surface area contributed by atoms with Crippen molar-refractivity contribution in [2.75, 3.05) is 19.7 Å². The van der Waals surface area contributed by atoms with Crippen LogP contribution in [0.2, 0.25) is 0 Å². The SMILES string of the molecule is CC1CN(Cc2ccc(C#CCCO)cc2)CC(C)O1. The summed E-state index contributed by atoms with van der Waals surface area (Å²) in [7, 11) is 0. The molecule has 3 heteroatoms. The van der Waals surface area contributed by atoms with Crippen molar-refractivity contribution in [3.05, 3.63) is 35.4 Å². The Morgan fingerprint density at radius 3 is 2.45 bits per heavy atom. The molecule has 2 unspecified atom stereocenters. The van der Waals surface area contributed by atoms with E-state index in [2.05, 4.69) is 42.7 Å². The van der Waals surface area contributed by atoms with Crippen LogP contribution in [0.25, 0.3) is 0 Å². The summed E-state index contributed by atoms with van der Waals surface area (Å²) in [6.45, 7) is 7.32. The number of rotatable bonds is 3. The molecule has 2 atom stereocenters. The molecule has 0 amide bonds. The molecule has 1 aromatic carbocycles. The van der Waals surface area contributed by atoms with Gasteiger partial charge < -0.3 is 9.84 Å². The Labute approximate surface area is 121 Å². The molecule has 1 aromatic rings. The van der Waals surface area contributed by atoms with E-state index >= 15 is 0 Å². The molecule has 108 valence electrons. The van der Waals surface area contributed by atoms with Crippen LogP contribution >= 0.6 is 0 Å². The van der Waals surface area contributed by atoms with Crippen molar-refractivity contribution in [3.63, 3.8) is 0 Å². The molecule has 3 nitrogen and oxygen atoms in total. The van der Waals surface area contributed by atoms with Gasteiger partial charge in [0.2, 0.25) is 0 Å². The topological polar surface area (TPSA) is 32.7 Å². The lowest BCUT2D eigenvalue weighted by Gasteiger charge is -2.35. The number of morpholine rings is 1. The molecule has 0 bridgehead atoms. The predicted molar refractivity (Wildman–Crippen MR) is 80.3 cm³/mol. The Morgan fingerprint density at radius 1 is 1.20 bits per heavy atom. The number of benzene rings is 1. The summed E-state index contributed by atoms with van der Waals surface area (Å²) in [5.41, 5.74) is 2.31. The highest BCUT2D eigenvalue weighted by Gasteiger charge is 2.21. The number of aliphatic hydroxyl groups excluding tert-OH is 1. The minimum absolute atomic E-state index is 0.123. The summed E-state index contributed by atoms with van der Waals surface area (Å²) >= 11 is 0. The third kappa shape index (κ3) is 4.64. The zero-order valence-electron chi connectivity index (χ0n) is 12.3. The summed E-state index contributed by atoms with van der Waals surface area (Å²) in [6, 6.07) is 8.36. The largest absolute Gasteiger partial charge is 0.395 e. The fourth-order valence-electron chi connectivity index (χ4n) is 2.59. The molecule has 20 heavy (non-hydrogen) atoms. The van der Waals surface area contributed by atoms with Crippen molar-refractivity contribution in [2.45, 2.75) is 39.0 Å². The van der Waals surface area contributed by atoms with Crippen LogP contribution in [0.1, 0.15) is 31.4 Å². The summed E-state index contributed by atoms with van der Waals surface area (Å²) in [5.74, 6) is 5.98. The molecule has 0 aliphatic carbocycles. The maximum atomic E-state index is 8.70. The second-order valence-corrected chi connectivity index (χ2v) is 5.42. The molecule has 1 saturated heterocycles. The predicted octanol–water partition coefficient (Wildman–Crippen LogP) is 2.03. The fourth-order valence-corrected chi connectivity index (χ4v) is 2.59. The van der Waals surface area contributed by atoms with Crippen LogP contribution in [0.15, 0.2) is 24.3 Å². The van der Waals surface area contributed by atoms with Crippen molar-refractivity contribution >= 4 is 0 Å². The minimum atomic E-state index is 0.123. The molecule has 1 heterocycles. The van der Waals surface area contributed by atoms with E-state index in [4.69, 9.17) is 9.84 Å². The monoisotopic (exact) mass is 273 g/mol. The van der Waals surface area contributed by atoms with E-state index < -0.39 is 0 Å². The highest BCUT2D eigenvalue weighted by Crippen LogP contribution is 2.14. The Bertz CT molecular complexity index is 462. The maximum Gasteiger partial charge on any atom is 0.0678 e. The molecular weight excluding hydrogens is 250 g/mol. The Morgan fingerprint density at radius 2 is 1.85 bits per heavy atom. The quantitative estimate of drug-likeness (QED) is 0.855. The second-order valence-electron chi connectivity index (χ2n) is 5.42. The molecule has 2 rings (SSSR count). The zero-order chi connectivity index (χ0) is 14.4. The molecule has 0 radical (unpaired) electrons. The number of hydrogen-bond donors (Lipinski definition) is 1. The van der Waals surface area contributed by atoms with Gasteiger partial charge in [-0.2, -0.15) is 0 Å². The van der Waals surface area contributed by atoms with Gasteiger partial charge in [-0.05, 0) is 31.5 Å². The van der Waals surface area contributed by atoms with Gasteiger partial charge in [0.15, 0.2) is 0 Å². The van der Waals surface area contributed by atoms with Crippen molar-refractivity contribution < 1.29 is 9.84 Å². The highest BCUT2D eigenvalue weighted by atomic mass is 16.5. The van der Waals surface area contributed by atoms with Crippen molar-refractivity contribution in [1.29, 1.82) is 0 Å². The molecule has 0 aromatic heterocycles. The van der Waals surface area contributed by atoms with E-state index in [1.807, 2.05) is 12.1 Å². The van der Waals surface area contributed by atoms with Gasteiger partial charge in [-0.15, -0.1) is 0 Å².